The van der Waals surface area contributed by atoms with E-state index < -0.39 is 19.1 Å². The third-order valence-electron chi connectivity index (χ3n) is 5.15. The Hall–Kier alpha value is -2.60. The Kier molecular flexibility index (Phi) is 3.88. The van der Waals surface area contributed by atoms with E-state index in [1.54, 1.807) is 11.9 Å². The number of fused-ring (bicyclic) bond motifs is 3. The number of carbonyl (C=O) groups excluding carboxylic acids is 2. The number of carbonyl (C=O) groups is 2. The number of rotatable bonds is 1. The van der Waals surface area contributed by atoms with Gasteiger partial charge in [-0.15, -0.1) is 0 Å². The first-order chi connectivity index (χ1) is 12.4. The van der Waals surface area contributed by atoms with Gasteiger partial charge in [0, 0.05) is 10.9 Å². The molecule has 132 valence electrons. The quantitative estimate of drug-likeness (QED) is 0.734. The monoisotopic (exact) mass is 349 g/mol. The largest absolute Gasteiger partial charge is 0.636 e. The molecule has 0 spiro atoms. The molecule has 4 rings (SSSR count). The van der Waals surface area contributed by atoms with Crippen molar-refractivity contribution in [2.24, 2.45) is 0 Å². The average Bonchev–Trinajstić information content (AvgIpc) is 2.81. The smallest absolute Gasteiger partial charge is 0.494 e. The first-order valence-corrected chi connectivity index (χ1v) is 8.68. The van der Waals surface area contributed by atoms with Crippen molar-refractivity contribution in [3.63, 3.8) is 0 Å². The first kappa shape index (κ1) is 16.9. The van der Waals surface area contributed by atoms with Crippen LogP contribution < -0.4 is 5.46 Å². The van der Waals surface area contributed by atoms with E-state index in [2.05, 4.69) is 26.0 Å². The molecule has 26 heavy (non-hydrogen) atoms. The summed E-state index contributed by atoms with van der Waals surface area (Å²) in [7, 11) is 0.673. The average molecular weight is 349 g/mol. The van der Waals surface area contributed by atoms with Gasteiger partial charge in [-0.05, 0) is 29.3 Å². The lowest BCUT2D eigenvalue weighted by Crippen LogP contribution is -2.48. The molecule has 2 aromatic carbocycles. The Labute approximate surface area is 153 Å². The van der Waals surface area contributed by atoms with Crippen molar-refractivity contribution in [2.75, 3.05) is 20.1 Å². The summed E-state index contributed by atoms with van der Waals surface area (Å²) in [4.78, 5) is 25.6. The molecule has 1 aliphatic heterocycles. The highest BCUT2D eigenvalue weighted by molar-refractivity contribution is 6.64. The van der Waals surface area contributed by atoms with Crippen molar-refractivity contribution in [1.29, 1.82) is 0 Å². The molecule has 0 aromatic heterocycles. The molecule has 0 N–H and O–H groups in total. The third-order valence-corrected chi connectivity index (χ3v) is 5.15. The summed E-state index contributed by atoms with van der Waals surface area (Å²) in [6.07, 6.45) is 0. The Morgan fingerprint density at radius 2 is 1.54 bits per heavy atom. The Morgan fingerprint density at radius 1 is 0.923 bits per heavy atom. The molecule has 1 saturated heterocycles. The molecule has 0 bridgehead atoms. The minimum atomic E-state index is -1.01. The van der Waals surface area contributed by atoms with E-state index in [4.69, 9.17) is 9.31 Å². The molecule has 5 nitrogen and oxygen atoms in total. The van der Waals surface area contributed by atoms with Crippen molar-refractivity contribution < 1.29 is 18.9 Å². The van der Waals surface area contributed by atoms with Gasteiger partial charge >= 0.3 is 19.1 Å². The zero-order valence-electron chi connectivity index (χ0n) is 15.1. The number of benzene rings is 2. The summed E-state index contributed by atoms with van der Waals surface area (Å²) >= 11 is 0. The van der Waals surface area contributed by atoms with Gasteiger partial charge in [0.15, 0.2) is 0 Å². The van der Waals surface area contributed by atoms with E-state index in [1.165, 1.54) is 11.1 Å². The van der Waals surface area contributed by atoms with Crippen LogP contribution in [-0.2, 0) is 24.3 Å². The second kappa shape index (κ2) is 5.99. The molecule has 0 unspecified atom stereocenters. The van der Waals surface area contributed by atoms with Crippen LogP contribution in [0.25, 0.3) is 11.1 Å². The van der Waals surface area contributed by atoms with Gasteiger partial charge < -0.3 is 9.31 Å². The van der Waals surface area contributed by atoms with Gasteiger partial charge in [-0.1, -0.05) is 56.3 Å². The predicted molar refractivity (Wildman–Crippen MR) is 99.1 cm³/mol. The van der Waals surface area contributed by atoms with Crippen molar-refractivity contribution in [1.82, 2.24) is 4.90 Å². The van der Waals surface area contributed by atoms with E-state index in [9.17, 15) is 9.59 Å². The highest BCUT2D eigenvalue weighted by Gasteiger charge is 2.39. The van der Waals surface area contributed by atoms with E-state index in [0.717, 1.165) is 11.1 Å². The zero-order chi connectivity index (χ0) is 18.5. The third kappa shape index (κ3) is 2.70. The van der Waals surface area contributed by atoms with E-state index >= 15 is 0 Å². The van der Waals surface area contributed by atoms with Gasteiger partial charge in [0.25, 0.3) is 0 Å². The number of nitrogens with zero attached hydrogens (tertiary/aromatic N) is 1. The van der Waals surface area contributed by atoms with Crippen molar-refractivity contribution in [3.8, 4) is 11.1 Å². The summed E-state index contributed by atoms with van der Waals surface area (Å²) < 4.78 is 10.8. The highest BCUT2D eigenvalue weighted by Crippen LogP contribution is 2.47. The van der Waals surface area contributed by atoms with Crippen LogP contribution in [0, 0.1) is 0 Å². The van der Waals surface area contributed by atoms with Gasteiger partial charge in [-0.25, -0.2) is 0 Å². The van der Waals surface area contributed by atoms with Gasteiger partial charge in [0.05, 0.1) is 13.1 Å². The van der Waals surface area contributed by atoms with Crippen LogP contribution in [0.2, 0.25) is 0 Å². The summed E-state index contributed by atoms with van der Waals surface area (Å²) in [6.45, 7) is 4.47. The van der Waals surface area contributed by atoms with Crippen LogP contribution in [0.1, 0.15) is 25.0 Å². The molecule has 0 radical (unpaired) electrons. The minimum Gasteiger partial charge on any atom is -0.494 e. The Balaban J connectivity index is 1.73. The molecule has 0 atom stereocenters. The first-order valence-electron chi connectivity index (χ1n) is 8.68. The molecule has 0 amide bonds. The normalized spacial score (nSPS) is 19.1. The Bertz CT molecular complexity index is 888. The second-order valence-corrected chi connectivity index (χ2v) is 7.46. The lowest BCUT2D eigenvalue weighted by atomic mass is 9.74. The number of hydrogen-bond acceptors (Lipinski definition) is 5. The summed E-state index contributed by atoms with van der Waals surface area (Å²) in [5, 5.41) is 0. The Morgan fingerprint density at radius 3 is 2.23 bits per heavy atom. The van der Waals surface area contributed by atoms with Crippen LogP contribution >= 0.6 is 0 Å². The van der Waals surface area contributed by atoms with Crippen LogP contribution in [0.4, 0.5) is 0 Å². The summed E-state index contributed by atoms with van der Waals surface area (Å²) in [5.41, 5.74) is 5.29. The van der Waals surface area contributed by atoms with Crippen molar-refractivity contribution in [3.05, 3.63) is 53.6 Å². The molecule has 0 saturated carbocycles. The predicted octanol–water partition coefficient (Wildman–Crippen LogP) is 1.72. The minimum absolute atomic E-state index is 0.0630. The number of likely N-dealkylation sites (N-methyl/N-ethyl adjacent to an activating group) is 1. The second-order valence-electron chi connectivity index (χ2n) is 7.46. The van der Waals surface area contributed by atoms with Crippen molar-refractivity contribution >= 4 is 24.5 Å². The lowest BCUT2D eigenvalue weighted by Gasteiger charge is -2.24. The van der Waals surface area contributed by atoms with Crippen LogP contribution in [-0.4, -0.2) is 44.1 Å². The van der Waals surface area contributed by atoms with Gasteiger partial charge in [0.1, 0.15) is 0 Å². The van der Waals surface area contributed by atoms with Crippen LogP contribution in [0.3, 0.4) is 0 Å². The van der Waals surface area contributed by atoms with Crippen LogP contribution in [0.15, 0.2) is 42.5 Å². The molecular formula is C20H20BNO4. The number of hydrogen-bond donors (Lipinski definition) is 0. The van der Waals surface area contributed by atoms with Crippen LogP contribution in [0.5, 0.6) is 0 Å². The molecule has 1 aliphatic carbocycles. The molecule has 6 heteroatoms. The van der Waals surface area contributed by atoms with Gasteiger partial charge in [-0.3, -0.25) is 14.5 Å². The maximum absolute atomic E-state index is 12.0. The van der Waals surface area contributed by atoms with E-state index in [-0.39, 0.29) is 18.5 Å². The maximum Gasteiger partial charge on any atom is 0.636 e. The fourth-order valence-electron chi connectivity index (χ4n) is 3.84. The fraction of sp³-hybridized carbons (Fsp3) is 0.300. The van der Waals surface area contributed by atoms with Gasteiger partial charge in [-0.2, -0.15) is 0 Å². The molecule has 2 aliphatic rings. The lowest BCUT2D eigenvalue weighted by molar-refractivity contribution is -0.145. The molecule has 2 aromatic rings. The van der Waals surface area contributed by atoms with E-state index in [1.807, 2.05) is 30.3 Å². The fourth-order valence-corrected chi connectivity index (χ4v) is 3.84. The maximum atomic E-state index is 12.0. The van der Waals surface area contributed by atoms with E-state index in [0.29, 0.717) is 5.46 Å². The molecule has 1 fully saturated rings. The summed E-state index contributed by atoms with van der Waals surface area (Å²) in [6, 6.07) is 14.2. The highest BCUT2D eigenvalue weighted by atomic mass is 16.6. The zero-order valence-corrected chi connectivity index (χ0v) is 15.1. The molecule has 1 heterocycles. The molecular weight excluding hydrogens is 329 g/mol. The van der Waals surface area contributed by atoms with Crippen molar-refractivity contribution in [2.45, 2.75) is 19.3 Å². The standard InChI is InChI=1S/C20H20BNO4/c1-20(2)16-7-5-4-6-14(16)15-9-8-13(10-17(15)20)21-25-18(23)11-22(3)12-19(24)26-21/h4-10H,11-12H2,1-3H3. The topological polar surface area (TPSA) is 55.8 Å². The van der Waals surface area contributed by atoms with Gasteiger partial charge in [0.2, 0.25) is 0 Å². The SMILES string of the molecule is CN1CC(=O)OB(c2ccc3c(c2)C(C)(C)c2ccccc2-3)OC(=O)C1. The summed E-state index contributed by atoms with van der Waals surface area (Å²) in [5.74, 6) is -0.818.